The van der Waals surface area contributed by atoms with E-state index in [9.17, 15) is 9.59 Å². The van der Waals surface area contributed by atoms with Gasteiger partial charge in [0.1, 0.15) is 0 Å². The van der Waals surface area contributed by atoms with Crippen LogP contribution in [-0.2, 0) is 14.3 Å². The van der Waals surface area contributed by atoms with Crippen LogP contribution >= 0.6 is 23.4 Å². The van der Waals surface area contributed by atoms with Crippen LogP contribution < -0.4 is 4.90 Å². The van der Waals surface area contributed by atoms with E-state index in [0.717, 1.165) is 10.6 Å². The van der Waals surface area contributed by atoms with Crippen molar-refractivity contribution in [1.82, 2.24) is 4.90 Å². The molecule has 0 aliphatic carbocycles. The Kier molecular flexibility index (Phi) is 3.59. The average Bonchev–Trinajstić information content (AvgIpc) is 3.03. The Morgan fingerprint density at radius 1 is 1.48 bits per heavy atom. The summed E-state index contributed by atoms with van der Waals surface area (Å²) in [7, 11) is 0. The molecule has 1 aromatic carbocycles. The normalized spacial score (nSPS) is 29.7. The third-order valence-electron chi connectivity index (χ3n) is 4.59. The number of carbonyl (C=O) groups is 2. The summed E-state index contributed by atoms with van der Waals surface area (Å²) < 4.78 is 5.53. The quantitative estimate of drug-likeness (QED) is 0.779. The Morgan fingerprint density at radius 3 is 3.09 bits per heavy atom. The molecule has 1 aromatic rings. The highest BCUT2D eigenvalue weighted by Gasteiger charge is 2.58. The molecule has 3 heterocycles. The molecule has 7 heteroatoms. The largest absolute Gasteiger partial charge is 0.375 e. The number of fused-ring (bicyclic) bond motifs is 3. The van der Waals surface area contributed by atoms with Crippen LogP contribution in [0.4, 0.5) is 5.69 Å². The highest BCUT2D eigenvalue weighted by molar-refractivity contribution is 8.02. The van der Waals surface area contributed by atoms with Gasteiger partial charge in [0.15, 0.2) is 4.87 Å². The molecule has 23 heavy (non-hydrogen) atoms. The number of hydrogen-bond donors (Lipinski definition) is 0. The Labute approximate surface area is 143 Å². The minimum absolute atomic E-state index is 0.00632. The molecular formula is C16H17ClN2O3S. The maximum absolute atomic E-state index is 13.3. The van der Waals surface area contributed by atoms with Crippen molar-refractivity contribution >= 4 is 40.9 Å². The summed E-state index contributed by atoms with van der Waals surface area (Å²) in [6, 6.07) is 5.48. The first-order chi connectivity index (χ1) is 11.0. The fourth-order valence-electron chi connectivity index (χ4n) is 3.56. The maximum Gasteiger partial charge on any atom is 0.260 e. The summed E-state index contributed by atoms with van der Waals surface area (Å²) in [5, 5.41) is 0.576. The van der Waals surface area contributed by atoms with Crippen molar-refractivity contribution in [2.75, 3.05) is 24.6 Å². The minimum atomic E-state index is -0.846. The molecule has 0 bridgehead atoms. The first-order valence-corrected chi connectivity index (χ1v) is 8.93. The standard InChI is InChI=1S/C16H17ClN2O3S/c1-10-9-18(6-7-22-10)15(21)16-5-4-14(20)19(16)12-8-11(17)2-3-13(12)23-16/h2-3,8,10H,4-7,9H2,1H3/t10-,16+/m0/s1. The molecule has 3 aliphatic heterocycles. The molecule has 4 rings (SSSR count). The van der Waals surface area contributed by atoms with Crippen molar-refractivity contribution in [2.24, 2.45) is 0 Å². The lowest BCUT2D eigenvalue weighted by Crippen LogP contribution is -2.57. The lowest BCUT2D eigenvalue weighted by Gasteiger charge is -2.38. The van der Waals surface area contributed by atoms with E-state index in [2.05, 4.69) is 0 Å². The zero-order valence-corrected chi connectivity index (χ0v) is 14.3. The molecule has 2 amide bonds. The number of nitrogens with zero attached hydrogens (tertiary/aromatic N) is 2. The Morgan fingerprint density at radius 2 is 2.30 bits per heavy atom. The number of hydrogen-bond acceptors (Lipinski definition) is 4. The van der Waals surface area contributed by atoms with Gasteiger partial charge in [-0.15, -0.1) is 0 Å². The van der Waals surface area contributed by atoms with Crippen molar-refractivity contribution in [1.29, 1.82) is 0 Å². The summed E-state index contributed by atoms with van der Waals surface area (Å²) in [6.07, 6.45) is 0.954. The molecule has 0 radical (unpaired) electrons. The second kappa shape index (κ2) is 5.40. The zero-order chi connectivity index (χ0) is 16.2. The van der Waals surface area contributed by atoms with Crippen LogP contribution in [0.3, 0.4) is 0 Å². The molecule has 2 saturated heterocycles. The number of morpholine rings is 1. The van der Waals surface area contributed by atoms with Gasteiger partial charge in [0.25, 0.3) is 5.91 Å². The van der Waals surface area contributed by atoms with E-state index in [-0.39, 0.29) is 17.9 Å². The minimum Gasteiger partial charge on any atom is -0.375 e. The summed E-state index contributed by atoms with van der Waals surface area (Å²) in [5.74, 6) is 0.00370. The molecule has 2 atom stereocenters. The van der Waals surface area contributed by atoms with E-state index in [0.29, 0.717) is 37.6 Å². The summed E-state index contributed by atoms with van der Waals surface area (Å²) in [6.45, 7) is 3.65. The molecule has 5 nitrogen and oxygen atoms in total. The van der Waals surface area contributed by atoms with E-state index in [1.165, 1.54) is 11.8 Å². The van der Waals surface area contributed by atoms with Gasteiger partial charge >= 0.3 is 0 Å². The lowest BCUT2D eigenvalue weighted by atomic mass is 10.1. The van der Waals surface area contributed by atoms with Crippen LogP contribution in [-0.4, -0.2) is 47.4 Å². The molecular weight excluding hydrogens is 336 g/mol. The van der Waals surface area contributed by atoms with Crippen molar-refractivity contribution < 1.29 is 14.3 Å². The van der Waals surface area contributed by atoms with Gasteiger partial charge in [0, 0.05) is 29.4 Å². The second-order valence-electron chi connectivity index (χ2n) is 6.16. The van der Waals surface area contributed by atoms with Crippen molar-refractivity contribution in [2.45, 2.75) is 35.6 Å². The first-order valence-electron chi connectivity index (χ1n) is 7.74. The predicted octanol–water partition coefficient (Wildman–Crippen LogP) is 2.52. The molecule has 0 aromatic heterocycles. The highest BCUT2D eigenvalue weighted by Crippen LogP contribution is 2.57. The summed E-state index contributed by atoms with van der Waals surface area (Å²) >= 11 is 7.58. The Bertz CT molecular complexity index is 698. The molecule has 122 valence electrons. The number of anilines is 1. The van der Waals surface area contributed by atoms with E-state index in [4.69, 9.17) is 16.3 Å². The van der Waals surface area contributed by atoms with Crippen LogP contribution in [0, 0.1) is 0 Å². The van der Waals surface area contributed by atoms with Gasteiger partial charge in [0.2, 0.25) is 5.91 Å². The van der Waals surface area contributed by atoms with Crippen molar-refractivity contribution in [3.8, 4) is 0 Å². The molecule has 0 saturated carbocycles. The maximum atomic E-state index is 13.3. The zero-order valence-electron chi connectivity index (χ0n) is 12.8. The number of ether oxygens (including phenoxy) is 1. The Hall–Kier alpha value is -1.24. The van der Waals surface area contributed by atoms with Crippen molar-refractivity contribution in [3.05, 3.63) is 23.2 Å². The SMILES string of the molecule is C[C@H]1CN(C(=O)[C@]23CCC(=O)N2c2cc(Cl)ccc2S3)CCO1. The van der Waals surface area contributed by atoms with Gasteiger partial charge in [-0.05, 0) is 31.5 Å². The Balaban J connectivity index is 1.72. The van der Waals surface area contributed by atoms with Gasteiger partial charge < -0.3 is 9.64 Å². The van der Waals surface area contributed by atoms with Gasteiger partial charge in [-0.25, -0.2) is 0 Å². The number of carbonyl (C=O) groups excluding carboxylic acids is 2. The van der Waals surface area contributed by atoms with E-state index >= 15 is 0 Å². The molecule has 2 fully saturated rings. The van der Waals surface area contributed by atoms with E-state index in [1.807, 2.05) is 17.9 Å². The van der Waals surface area contributed by atoms with Gasteiger partial charge in [-0.1, -0.05) is 23.4 Å². The van der Waals surface area contributed by atoms with Crippen LogP contribution in [0.2, 0.25) is 5.02 Å². The monoisotopic (exact) mass is 352 g/mol. The van der Waals surface area contributed by atoms with Crippen LogP contribution in [0.1, 0.15) is 19.8 Å². The number of amides is 2. The number of benzene rings is 1. The fraction of sp³-hybridized carbons (Fsp3) is 0.500. The average molecular weight is 353 g/mol. The smallest absolute Gasteiger partial charge is 0.260 e. The molecule has 0 unspecified atom stereocenters. The van der Waals surface area contributed by atoms with E-state index in [1.54, 1.807) is 17.0 Å². The van der Waals surface area contributed by atoms with Gasteiger partial charge in [0.05, 0.1) is 18.4 Å². The lowest BCUT2D eigenvalue weighted by molar-refractivity contribution is -0.140. The van der Waals surface area contributed by atoms with Crippen LogP contribution in [0.25, 0.3) is 0 Å². The number of thioether (sulfide) groups is 1. The predicted molar refractivity (Wildman–Crippen MR) is 88.8 cm³/mol. The van der Waals surface area contributed by atoms with Crippen LogP contribution in [0.15, 0.2) is 23.1 Å². The first kappa shape index (κ1) is 15.3. The highest BCUT2D eigenvalue weighted by atomic mass is 35.5. The third-order valence-corrected chi connectivity index (χ3v) is 6.29. The van der Waals surface area contributed by atoms with Gasteiger partial charge in [-0.2, -0.15) is 0 Å². The molecule has 0 N–H and O–H groups in total. The molecule has 3 aliphatic rings. The number of halogens is 1. The second-order valence-corrected chi connectivity index (χ2v) is 7.92. The van der Waals surface area contributed by atoms with Crippen molar-refractivity contribution in [3.63, 3.8) is 0 Å². The summed E-state index contributed by atoms with van der Waals surface area (Å²) in [4.78, 5) is 29.3. The number of rotatable bonds is 1. The summed E-state index contributed by atoms with van der Waals surface area (Å²) in [5.41, 5.74) is 0.764. The van der Waals surface area contributed by atoms with Gasteiger partial charge in [-0.3, -0.25) is 14.5 Å². The third kappa shape index (κ3) is 2.27. The van der Waals surface area contributed by atoms with Crippen LogP contribution in [0.5, 0.6) is 0 Å². The topological polar surface area (TPSA) is 49.9 Å². The fourth-order valence-corrected chi connectivity index (χ4v) is 5.19. The molecule has 0 spiro atoms. The van der Waals surface area contributed by atoms with E-state index < -0.39 is 4.87 Å².